The van der Waals surface area contributed by atoms with E-state index < -0.39 is 0 Å². The smallest absolute Gasteiger partial charge is 0.337 e. The fourth-order valence-electron chi connectivity index (χ4n) is 3.69. The predicted octanol–water partition coefficient (Wildman–Crippen LogP) is 2.08. The second-order valence-electron chi connectivity index (χ2n) is 6.61. The third-order valence-corrected chi connectivity index (χ3v) is 5.33. The number of nitrogens with zero attached hydrogens (tertiary/aromatic N) is 1. The summed E-state index contributed by atoms with van der Waals surface area (Å²) in [5.41, 5.74) is 1.55. The van der Waals surface area contributed by atoms with Crippen LogP contribution in [0.5, 0.6) is 0 Å². The van der Waals surface area contributed by atoms with E-state index in [2.05, 4.69) is 10.1 Å². The maximum atomic E-state index is 12.6. The Labute approximate surface area is 137 Å². The van der Waals surface area contributed by atoms with E-state index in [4.69, 9.17) is 0 Å². The monoisotopic (exact) mass is 316 g/mol. The number of rotatable bonds is 2. The second-order valence-corrected chi connectivity index (χ2v) is 6.61. The van der Waals surface area contributed by atoms with Crippen molar-refractivity contribution >= 4 is 11.9 Å². The molecule has 1 N–H and O–H groups in total. The molecule has 0 bridgehead atoms. The normalized spacial score (nSPS) is 20.3. The Morgan fingerprint density at radius 3 is 2.13 bits per heavy atom. The minimum absolute atomic E-state index is 0.0604. The van der Waals surface area contributed by atoms with E-state index in [1.807, 2.05) is 4.90 Å². The van der Waals surface area contributed by atoms with Crippen LogP contribution in [0.2, 0.25) is 0 Å². The number of carbonyl (C=O) groups excluding carboxylic acids is 2. The third-order valence-electron chi connectivity index (χ3n) is 5.33. The van der Waals surface area contributed by atoms with E-state index in [9.17, 15) is 9.59 Å². The number of amides is 1. The van der Waals surface area contributed by atoms with Crippen molar-refractivity contribution in [2.24, 2.45) is 5.41 Å². The summed E-state index contributed by atoms with van der Waals surface area (Å²) in [6.07, 6.45) is 4.65. The molecular formula is C18H24N2O3. The summed E-state index contributed by atoms with van der Waals surface area (Å²) in [4.78, 5) is 26.0. The van der Waals surface area contributed by atoms with Crippen molar-refractivity contribution in [3.8, 4) is 0 Å². The van der Waals surface area contributed by atoms with Gasteiger partial charge in [-0.1, -0.05) is 0 Å². The summed E-state index contributed by atoms with van der Waals surface area (Å²) in [5, 5.41) is 3.42. The van der Waals surface area contributed by atoms with E-state index in [1.54, 1.807) is 24.3 Å². The molecule has 2 saturated heterocycles. The van der Waals surface area contributed by atoms with Crippen LogP contribution in [0, 0.1) is 5.41 Å². The number of likely N-dealkylation sites (tertiary alicyclic amines) is 1. The number of piperidine rings is 2. The van der Waals surface area contributed by atoms with Gasteiger partial charge in [0.15, 0.2) is 0 Å². The molecule has 0 radical (unpaired) electrons. The van der Waals surface area contributed by atoms with Crippen LogP contribution in [0.25, 0.3) is 0 Å². The van der Waals surface area contributed by atoms with Crippen LogP contribution in [0.15, 0.2) is 24.3 Å². The standard InChI is InChI=1S/C18H24N2O3/c1-23-17(22)15-4-2-14(3-5-15)16(21)20-12-8-18(9-13-20)6-10-19-11-7-18/h2-5,19H,6-13H2,1H3. The van der Waals surface area contributed by atoms with Crippen LogP contribution in [0.4, 0.5) is 0 Å². The zero-order valence-corrected chi connectivity index (χ0v) is 13.6. The van der Waals surface area contributed by atoms with Crippen LogP contribution in [0.3, 0.4) is 0 Å². The Morgan fingerprint density at radius 2 is 1.57 bits per heavy atom. The van der Waals surface area contributed by atoms with Crippen molar-refractivity contribution in [3.05, 3.63) is 35.4 Å². The van der Waals surface area contributed by atoms with E-state index in [-0.39, 0.29) is 11.9 Å². The van der Waals surface area contributed by atoms with Gasteiger partial charge in [0.05, 0.1) is 12.7 Å². The van der Waals surface area contributed by atoms with Crippen LogP contribution in [-0.4, -0.2) is 50.1 Å². The van der Waals surface area contributed by atoms with Gasteiger partial charge in [-0.05, 0) is 68.5 Å². The van der Waals surface area contributed by atoms with Gasteiger partial charge in [0.1, 0.15) is 0 Å². The van der Waals surface area contributed by atoms with Gasteiger partial charge in [0.25, 0.3) is 5.91 Å². The number of hydrogen-bond donors (Lipinski definition) is 1. The quantitative estimate of drug-likeness (QED) is 0.849. The third kappa shape index (κ3) is 3.39. The van der Waals surface area contributed by atoms with Crippen LogP contribution < -0.4 is 5.32 Å². The molecule has 124 valence electrons. The molecule has 2 aliphatic rings. The van der Waals surface area contributed by atoms with Crippen molar-refractivity contribution in [1.29, 1.82) is 0 Å². The number of methoxy groups -OCH3 is 1. The van der Waals surface area contributed by atoms with Crippen LogP contribution >= 0.6 is 0 Å². The zero-order valence-electron chi connectivity index (χ0n) is 13.6. The van der Waals surface area contributed by atoms with E-state index in [0.29, 0.717) is 16.5 Å². The van der Waals surface area contributed by atoms with Gasteiger partial charge in [-0.25, -0.2) is 4.79 Å². The fourth-order valence-corrected chi connectivity index (χ4v) is 3.69. The largest absolute Gasteiger partial charge is 0.465 e. The molecule has 1 aromatic rings. The molecule has 1 amide bonds. The van der Waals surface area contributed by atoms with Crippen molar-refractivity contribution in [1.82, 2.24) is 10.2 Å². The lowest BCUT2D eigenvalue weighted by Crippen LogP contribution is -2.47. The van der Waals surface area contributed by atoms with Gasteiger partial charge in [-0.3, -0.25) is 4.79 Å². The first-order chi connectivity index (χ1) is 11.1. The van der Waals surface area contributed by atoms with Gasteiger partial charge >= 0.3 is 5.97 Å². The van der Waals surface area contributed by atoms with Crippen LogP contribution in [-0.2, 0) is 4.74 Å². The molecule has 5 nitrogen and oxygen atoms in total. The van der Waals surface area contributed by atoms with Crippen molar-refractivity contribution in [2.45, 2.75) is 25.7 Å². The maximum absolute atomic E-state index is 12.6. The van der Waals surface area contributed by atoms with E-state index >= 15 is 0 Å². The molecule has 0 unspecified atom stereocenters. The van der Waals surface area contributed by atoms with Gasteiger partial charge < -0.3 is 15.0 Å². The number of carbonyl (C=O) groups is 2. The first-order valence-electron chi connectivity index (χ1n) is 8.32. The predicted molar refractivity (Wildman–Crippen MR) is 87.5 cm³/mol. The Kier molecular flexibility index (Phi) is 4.66. The Morgan fingerprint density at radius 1 is 1.00 bits per heavy atom. The number of ether oxygens (including phenoxy) is 1. The second kappa shape index (κ2) is 6.71. The molecule has 2 fully saturated rings. The lowest BCUT2D eigenvalue weighted by Gasteiger charge is -2.44. The number of hydrogen-bond acceptors (Lipinski definition) is 4. The fraction of sp³-hybridized carbons (Fsp3) is 0.556. The highest BCUT2D eigenvalue weighted by Gasteiger charge is 2.36. The summed E-state index contributed by atoms with van der Waals surface area (Å²) in [6.45, 7) is 3.86. The highest BCUT2D eigenvalue weighted by atomic mass is 16.5. The summed E-state index contributed by atoms with van der Waals surface area (Å²) in [7, 11) is 1.35. The number of nitrogens with one attached hydrogen (secondary N) is 1. The van der Waals surface area contributed by atoms with Gasteiger partial charge in [-0.2, -0.15) is 0 Å². The van der Waals surface area contributed by atoms with E-state index in [0.717, 1.165) is 39.0 Å². The summed E-state index contributed by atoms with van der Waals surface area (Å²) >= 11 is 0. The average Bonchev–Trinajstić information content (AvgIpc) is 2.62. The summed E-state index contributed by atoms with van der Waals surface area (Å²) < 4.78 is 4.68. The van der Waals surface area contributed by atoms with Gasteiger partial charge in [0, 0.05) is 18.7 Å². The molecule has 1 aromatic carbocycles. The molecule has 2 heterocycles. The molecule has 0 saturated carbocycles. The Hall–Kier alpha value is -1.88. The number of benzene rings is 1. The summed E-state index contributed by atoms with van der Waals surface area (Å²) in [5.74, 6) is -0.319. The minimum atomic E-state index is -0.380. The first-order valence-corrected chi connectivity index (χ1v) is 8.32. The van der Waals surface area contributed by atoms with E-state index in [1.165, 1.54) is 20.0 Å². The lowest BCUT2D eigenvalue weighted by atomic mass is 9.71. The Bertz CT molecular complexity index is 566. The number of esters is 1. The maximum Gasteiger partial charge on any atom is 0.337 e. The van der Waals surface area contributed by atoms with Gasteiger partial charge in [0.2, 0.25) is 0 Å². The first kappa shape index (κ1) is 16.0. The van der Waals surface area contributed by atoms with Crippen molar-refractivity contribution in [3.63, 3.8) is 0 Å². The zero-order chi connectivity index (χ0) is 16.3. The molecule has 23 heavy (non-hydrogen) atoms. The van der Waals surface area contributed by atoms with Crippen molar-refractivity contribution in [2.75, 3.05) is 33.3 Å². The molecule has 5 heteroatoms. The van der Waals surface area contributed by atoms with Crippen molar-refractivity contribution < 1.29 is 14.3 Å². The minimum Gasteiger partial charge on any atom is -0.465 e. The average molecular weight is 316 g/mol. The molecule has 2 aliphatic heterocycles. The SMILES string of the molecule is COC(=O)c1ccc(C(=O)N2CCC3(CCNCC3)CC2)cc1. The molecule has 3 rings (SSSR count). The molecule has 0 aliphatic carbocycles. The molecule has 0 aromatic heterocycles. The van der Waals surface area contributed by atoms with Gasteiger partial charge in [-0.15, -0.1) is 0 Å². The molecular weight excluding hydrogens is 292 g/mol. The lowest BCUT2D eigenvalue weighted by molar-refractivity contribution is 0.0494. The summed E-state index contributed by atoms with van der Waals surface area (Å²) in [6, 6.07) is 6.72. The van der Waals surface area contributed by atoms with Crippen LogP contribution in [0.1, 0.15) is 46.4 Å². The topological polar surface area (TPSA) is 58.6 Å². The highest BCUT2D eigenvalue weighted by Crippen LogP contribution is 2.39. The molecule has 1 spiro atoms. The highest BCUT2D eigenvalue weighted by molar-refractivity contribution is 5.96. The Balaban J connectivity index is 1.62. The molecule has 0 atom stereocenters.